The molecule has 23 heavy (non-hydrogen) atoms. The second-order valence-corrected chi connectivity index (χ2v) is 5.88. The summed E-state index contributed by atoms with van der Waals surface area (Å²) < 4.78 is 9.18. The van der Waals surface area contributed by atoms with Crippen LogP contribution in [0.1, 0.15) is 42.0 Å². The van der Waals surface area contributed by atoms with E-state index < -0.39 is 0 Å². The van der Waals surface area contributed by atoms with Crippen LogP contribution in [-0.4, -0.2) is 38.5 Å². The summed E-state index contributed by atoms with van der Waals surface area (Å²) in [6.45, 7) is 4.38. The molecule has 1 fully saturated rings. The van der Waals surface area contributed by atoms with E-state index in [1.54, 1.807) is 30.3 Å². The highest BCUT2D eigenvalue weighted by Gasteiger charge is 2.30. The SMILES string of the molecule is CCn1ccnc1[C@@H](NC(=O)c1cnn(C)c1)C1CCOCC1. The number of ether oxygens (including phenoxy) is 1. The fourth-order valence-electron chi connectivity index (χ4n) is 3.07. The molecule has 1 aliphatic rings. The third kappa shape index (κ3) is 3.44. The maximum absolute atomic E-state index is 12.6. The van der Waals surface area contributed by atoms with Gasteiger partial charge in [0.2, 0.25) is 0 Å². The maximum atomic E-state index is 12.6. The third-order valence-electron chi connectivity index (χ3n) is 4.36. The molecule has 1 saturated heterocycles. The van der Waals surface area contributed by atoms with E-state index in [0.29, 0.717) is 11.5 Å². The molecule has 7 nitrogen and oxygen atoms in total. The van der Waals surface area contributed by atoms with Gasteiger partial charge in [0.1, 0.15) is 5.82 Å². The van der Waals surface area contributed by atoms with E-state index >= 15 is 0 Å². The van der Waals surface area contributed by atoms with E-state index in [4.69, 9.17) is 4.74 Å². The first kappa shape index (κ1) is 15.7. The van der Waals surface area contributed by atoms with E-state index in [0.717, 1.165) is 38.4 Å². The normalized spacial score (nSPS) is 17.1. The Kier molecular flexibility index (Phi) is 4.76. The van der Waals surface area contributed by atoms with Crippen LogP contribution in [0, 0.1) is 5.92 Å². The minimum Gasteiger partial charge on any atom is -0.381 e. The van der Waals surface area contributed by atoms with Gasteiger partial charge in [0.15, 0.2) is 0 Å². The summed E-state index contributed by atoms with van der Waals surface area (Å²) in [5.74, 6) is 1.13. The Morgan fingerprint density at radius 3 is 2.91 bits per heavy atom. The Morgan fingerprint density at radius 1 is 1.48 bits per heavy atom. The molecule has 0 aliphatic carbocycles. The molecule has 3 heterocycles. The Morgan fingerprint density at radius 2 is 2.26 bits per heavy atom. The molecule has 3 rings (SSSR count). The van der Waals surface area contributed by atoms with Crippen LogP contribution in [0.5, 0.6) is 0 Å². The molecule has 2 aromatic heterocycles. The van der Waals surface area contributed by atoms with Crippen molar-refractivity contribution in [3.05, 3.63) is 36.2 Å². The summed E-state index contributed by atoms with van der Waals surface area (Å²) in [4.78, 5) is 17.1. The zero-order valence-corrected chi connectivity index (χ0v) is 13.6. The van der Waals surface area contributed by atoms with Crippen LogP contribution >= 0.6 is 0 Å². The lowest BCUT2D eigenvalue weighted by Gasteiger charge is -2.30. The van der Waals surface area contributed by atoms with Gasteiger partial charge in [-0.15, -0.1) is 0 Å². The van der Waals surface area contributed by atoms with Gasteiger partial charge in [0, 0.05) is 45.4 Å². The molecule has 124 valence electrons. The lowest BCUT2D eigenvalue weighted by Crippen LogP contribution is -2.37. The zero-order chi connectivity index (χ0) is 16.2. The Hall–Kier alpha value is -2.15. The van der Waals surface area contributed by atoms with Gasteiger partial charge in [0.05, 0.1) is 17.8 Å². The first-order valence-corrected chi connectivity index (χ1v) is 8.07. The summed E-state index contributed by atoms with van der Waals surface area (Å²) in [6.07, 6.45) is 8.91. The minimum absolute atomic E-state index is 0.110. The van der Waals surface area contributed by atoms with Crippen LogP contribution < -0.4 is 5.32 Å². The number of rotatable bonds is 5. The van der Waals surface area contributed by atoms with E-state index in [2.05, 4.69) is 26.9 Å². The summed E-state index contributed by atoms with van der Waals surface area (Å²) in [5, 5.41) is 7.23. The van der Waals surface area contributed by atoms with Crippen LogP contribution in [0.25, 0.3) is 0 Å². The quantitative estimate of drug-likeness (QED) is 0.907. The van der Waals surface area contributed by atoms with Gasteiger partial charge in [-0.05, 0) is 25.7 Å². The van der Waals surface area contributed by atoms with Crippen molar-refractivity contribution in [2.24, 2.45) is 13.0 Å². The smallest absolute Gasteiger partial charge is 0.255 e. The summed E-state index contributed by atoms with van der Waals surface area (Å²) >= 11 is 0. The predicted molar refractivity (Wildman–Crippen MR) is 84.9 cm³/mol. The lowest BCUT2D eigenvalue weighted by atomic mass is 9.91. The van der Waals surface area contributed by atoms with Crippen molar-refractivity contribution in [1.82, 2.24) is 24.6 Å². The van der Waals surface area contributed by atoms with Crippen molar-refractivity contribution in [1.29, 1.82) is 0 Å². The molecule has 7 heteroatoms. The highest BCUT2D eigenvalue weighted by molar-refractivity contribution is 5.93. The van der Waals surface area contributed by atoms with Crippen molar-refractivity contribution in [3.63, 3.8) is 0 Å². The number of amides is 1. The second kappa shape index (κ2) is 6.95. The lowest BCUT2D eigenvalue weighted by molar-refractivity contribution is 0.0498. The van der Waals surface area contributed by atoms with Crippen LogP contribution in [0.4, 0.5) is 0 Å². The molecule has 0 aromatic carbocycles. The number of aromatic nitrogens is 4. The number of carbonyl (C=O) groups is 1. The standard InChI is InChI=1S/C16H23N5O2/c1-3-21-7-6-17-15(21)14(12-4-8-23-9-5-12)19-16(22)13-10-18-20(2)11-13/h6-7,10-12,14H,3-5,8-9H2,1-2H3,(H,19,22)/t14-/m0/s1. The number of nitrogens with zero attached hydrogens (tertiary/aromatic N) is 4. The number of nitrogens with one attached hydrogen (secondary N) is 1. The Bertz CT molecular complexity index is 657. The van der Waals surface area contributed by atoms with Crippen LogP contribution in [-0.2, 0) is 18.3 Å². The average molecular weight is 317 g/mol. The highest BCUT2D eigenvalue weighted by Crippen LogP contribution is 2.29. The monoisotopic (exact) mass is 317 g/mol. The fourth-order valence-corrected chi connectivity index (χ4v) is 3.07. The number of carbonyl (C=O) groups excluding carboxylic acids is 1. The topological polar surface area (TPSA) is 74.0 Å². The summed E-state index contributed by atoms with van der Waals surface area (Å²) in [5.41, 5.74) is 0.569. The van der Waals surface area contributed by atoms with Crippen molar-refractivity contribution in [2.75, 3.05) is 13.2 Å². The van der Waals surface area contributed by atoms with Crippen molar-refractivity contribution >= 4 is 5.91 Å². The van der Waals surface area contributed by atoms with E-state index in [9.17, 15) is 4.79 Å². The first-order valence-electron chi connectivity index (χ1n) is 8.07. The zero-order valence-electron chi connectivity index (χ0n) is 13.6. The first-order chi connectivity index (χ1) is 11.2. The molecule has 1 aliphatic heterocycles. The molecule has 1 N–H and O–H groups in total. The molecular formula is C16H23N5O2. The summed E-state index contributed by atoms with van der Waals surface area (Å²) in [6, 6.07) is -0.110. The van der Waals surface area contributed by atoms with Crippen molar-refractivity contribution in [3.8, 4) is 0 Å². The minimum atomic E-state index is -0.111. The van der Waals surface area contributed by atoms with Crippen LogP contribution in [0.15, 0.2) is 24.8 Å². The number of imidazole rings is 1. The Balaban J connectivity index is 1.84. The molecule has 2 aromatic rings. The predicted octanol–water partition coefficient (Wildman–Crippen LogP) is 1.53. The average Bonchev–Trinajstić information content (AvgIpc) is 3.21. The molecule has 0 saturated carbocycles. The van der Waals surface area contributed by atoms with Crippen molar-refractivity contribution < 1.29 is 9.53 Å². The van der Waals surface area contributed by atoms with E-state index in [-0.39, 0.29) is 11.9 Å². The molecule has 0 radical (unpaired) electrons. The van der Waals surface area contributed by atoms with Crippen LogP contribution in [0.3, 0.4) is 0 Å². The van der Waals surface area contributed by atoms with Gasteiger partial charge >= 0.3 is 0 Å². The number of aryl methyl sites for hydroxylation is 2. The molecule has 0 bridgehead atoms. The van der Waals surface area contributed by atoms with E-state index in [1.807, 2.05) is 6.20 Å². The fraction of sp³-hybridized carbons (Fsp3) is 0.562. The van der Waals surface area contributed by atoms with E-state index in [1.165, 1.54) is 0 Å². The highest BCUT2D eigenvalue weighted by atomic mass is 16.5. The van der Waals surface area contributed by atoms with Gasteiger partial charge in [-0.3, -0.25) is 9.48 Å². The van der Waals surface area contributed by atoms with Crippen molar-refractivity contribution in [2.45, 2.75) is 32.4 Å². The Labute approximate surface area is 135 Å². The van der Waals surface area contributed by atoms with Gasteiger partial charge in [-0.1, -0.05) is 0 Å². The van der Waals surface area contributed by atoms with Crippen LogP contribution in [0.2, 0.25) is 0 Å². The second-order valence-electron chi connectivity index (χ2n) is 5.88. The summed E-state index contributed by atoms with van der Waals surface area (Å²) in [7, 11) is 1.80. The number of hydrogen-bond acceptors (Lipinski definition) is 4. The molecule has 0 spiro atoms. The third-order valence-corrected chi connectivity index (χ3v) is 4.36. The maximum Gasteiger partial charge on any atom is 0.255 e. The van der Waals surface area contributed by atoms with Gasteiger partial charge in [-0.2, -0.15) is 5.10 Å². The molecule has 0 unspecified atom stereocenters. The number of hydrogen-bond donors (Lipinski definition) is 1. The largest absolute Gasteiger partial charge is 0.381 e. The van der Waals surface area contributed by atoms with Gasteiger partial charge in [-0.25, -0.2) is 4.98 Å². The van der Waals surface area contributed by atoms with Gasteiger partial charge in [0.25, 0.3) is 5.91 Å². The van der Waals surface area contributed by atoms with Gasteiger partial charge < -0.3 is 14.6 Å². The molecule has 1 amide bonds. The molecule has 1 atom stereocenters. The molecular weight excluding hydrogens is 294 g/mol.